The number of nitrogen functional groups attached to an aromatic ring is 1. The van der Waals surface area contributed by atoms with Crippen LogP contribution in [0.5, 0.6) is 0 Å². The van der Waals surface area contributed by atoms with Gasteiger partial charge >= 0.3 is 11.9 Å². The molecule has 2 aromatic rings. The monoisotopic (exact) mass is 580 g/mol. The summed E-state index contributed by atoms with van der Waals surface area (Å²) >= 11 is 1.45. The van der Waals surface area contributed by atoms with Crippen molar-refractivity contribution in [2.45, 2.75) is 50.3 Å². The zero-order chi connectivity index (χ0) is 29.4. The van der Waals surface area contributed by atoms with E-state index in [1.165, 1.54) is 28.8 Å². The molecule has 2 saturated heterocycles. The minimum absolute atomic E-state index is 0.0117. The van der Waals surface area contributed by atoms with Gasteiger partial charge in [0.15, 0.2) is 0 Å². The van der Waals surface area contributed by atoms with Crippen molar-refractivity contribution in [1.82, 2.24) is 10.2 Å². The number of hydrogen-bond donors (Lipinski definition) is 5. The molecule has 5 rings (SSSR count). The van der Waals surface area contributed by atoms with Gasteiger partial charge in [-0.05, 0) is 49.2 Å². The number of β-lactam (4-membered cyclic amide) rings is 1. The van der Waals surface area contributed by atoms with Crippen molar-refractivity contribution < 1.29 is 34.1 Å². The van der Waals surface area contributed by atoms with Crippen molar-refractivity contribution in [2.75, 3.05) is 17.6 Å². The van der Waals surface area contributed by atoms with Gasteiger partial charge in [0, 0.05) is 34.0 Å². The SMILES string of the molecule is C[C@@H](O)[C@H]1C(=O)N2C(C(=O)OCc3ccc(N)cc3)=C(S[C@@H]3CNC(C(=O)Nc4cccc(C(=O)O)c4)C3)[C@H](C)[C@H]12. The van der Waals surface area contributed by atoms with E-state index in [-0.39, 0.29) is 46.9 Å². The highest BCUT2D eigenvalue weighted by atomic mass is 32.2. The number of anilines is 2. The van der Waals surface area contributed by atoms with Crippen LogP contribution in [-0.4, -0.2) is 68.8 Å². The van der Waals surface area contributed by atoms with Crippen molar-refractivity contribution in [3.05, 3.63) is 70.3 Å². The fourth-order valence-electron chi connectivity index (χ4n) is 5.63. The van der Waals surface area contributed by atoms with Crippen LogP contribution in [0.2, 0.25) is 0 Å². The van der Waals surface area contributed by atoms with Gasteiger partial charge < -0.3 is 36.2 Å². The zero-order valence-corrected chi connectivity index (χ0v) is 23.4. The van der Waals surface area contributed by atoms with Crippen LogP contribution in [0.25, 0.3) is 0 Å². The van der Waals surface area contributed by atoms with Gasteiger partial charge in [-0.15, -0.1) is 11.8 Å². The summed E-state index contributed by atoms with van der Waals surface area (Å²) in [5, 5.41) is 25.4. The minimum atomic E-state index is -1.08. The molecule has 0 spiro atoms. The molecule has 0 bridgehead atoms. The number of rotatable bonds is 9. The number of benzene rings is 2. The smallest absolute Gasteiger partial charge is 0.356 e. The van der Waals surface area contributed by atoms with Gasteiger partial charge in [0.2, 0.25) is 11.8 Å². The van der Waals surface area contributed by atoms with Crippen LogP contribution in [0.4, 0.5) is 11.4 Å². The number of carboxylic acid groups (broad SMARTS) is 1. The van der Waals surface area contributed by atoms with Gasteiger partial charge in [-0.1, -0.05) is 25.1 Å². The Morgan fingerprint density at radius 3 is 2.63 bits per heavy atom. The Hall–Kier alpha value is -3.87. The molecule has 6 N–H and O–H groups in total. The summed E-state index contributed by atoms with van der Waals surface area (Å²) in [7, 11) is 0. The average Bonchev–Trinajstić information content (AvgIpc) is 3.50. The summed E-state index contributed by atoms with van der Waals surface area (Å²) in [6, 6.07) is 12.1. The van der Waals surface area contributed by atoms with E-state index >= 15 is 0 Å². The molecular weight excluding hydrogens is 548 g/mol. The summed E-state index contributed by atoms with van der Waals surface area (Å²) in [5.41, 5.74) is 7.74. The fourth-order valence-corrected chi connectivity index (χ4v) is 7.11. The number of aliphatic hydroxyl groups is 1. The van der Waals surface area contributed by atoms with E-state index in [0.29, 0.717) is 29.2 Å². The molecule has 0 aromatic heterocycles. The van der Waals surface area contributed by atoms with Crippen LogP contribution < -0.4 is 16.4 Å². The number of thioether (sulfide) groups is 1. The molecule has 12 heteroatoms. The van der Waals surface area contributed by atoms with Crippen LogP contribution in [0.1, 0.15) is 36.2 Å². The summed E-state index contributed by atoms with van der Waals surface area (Å²) < 4.78 is 5.61. The maximum atomic E-state index is 13.4. The number of carbonyl (C=O) groups is 4. The van der Waals surface area contributed by atoms with Gasteiger partial charge in [-0.25, -0.2) is 9.59 Å². The van der Waals surface area contributed by atoms with E-state index in [2.05, 4.69) is 10.6 Å². The summed E-state index contributed by atoms with van der Waals surface area (Å²) in [4.78, 5) is 52.7. The molecule has 41 heavy (non-hydrogen) atoms. The second-order valence-corrected chi connectivity index (χ2v) is 11.9. The van der Waals surface area contributed by atoms with Crippen LogP contribution in [-0.2, 0) is 25.7 Å². The molecule has 2 aromatic carbocycles. The van der Waals surface area contributed by atoms with Gasteiger partial charge in [0.05, 0.1) is 29.7 Å². The van der Waals surface area contributed by atoms with Gasteiger partial charge in [0.1, 0.15) is 12.3 Å². The number of aromatic carboxylic acids is 1. The Balaban J connectivity index is 1.30. The van der Waals surface area contributed by atoms with E-state index in [0.717, 1.165) is 5.56 Å². The normalized spacial score (nSPS) is 25.9. The van der Waals surface area contributed by atoms with Gasteiger partial charge in [0.25, 0.3) is 0 Å². The Labute approximate surface area is 241 Å². The number of ether oxygens (including phenoxy) is 1. The first-order chi connectivity index (χ1) is 19.5. The molecule has 3 heterocycles. The lowest BCUT2D eigenvalue weighted by molar-refractivity contribution is -0.164. The van der Waals surface area contributed by atoms with Crippen LogP contribution in [0.15, 0.2) is 59.1 Å². The Kier molecular flexibility index (Phi) is 8.07. The third-order valence-electron chi connectivity index (χ3n) is 7.73. The number of nitrogens with one attached hydrogen (secondary N) is 2. The van der Waals surface area contributed by atoms with E-state index in [9.17, 15) is 29.4 Å². The van der Waals surface area contributed by atoms with Crippen molar-refractivity contribution in [3.63, 3.8) is 0 Å². The number of hydrogen-bond acceptors (Lipinski definition) is 9. The highest BCUT2D eigenvalue weighted by Gasteiger charge is 2.60. The molecule has 0 saturated carbocycles. The predicted octanol–water partition coefficient (Wildman–Crippen LogP) is 2.18. The molecule has 2 fully saturated rings. The lowest BCUT2D eigenvalue weighted by atomic mass is 9.79. The predicted molar refractivity (Wildman–Crippen MR) is 152 cm³/mol. The molecule has 2 amide bonds. The van der Waals surface area contributed by atoms with Crippen LogP contribution in [0.3, 0.4) is 0 Å². The first kappa shape index (κ1) is 28.7. The Bertz CT molecular complexity index is 1410. The van der Waals surface area contributed by atoms with Crippen molar-refractivity contribution in [1.29, 1.82) is 0 Å². The van der Waals surface area contributed by atoms with E-state index < -0.39 is 30.0 Å². The van der Waals surface area contributed by atoms with Crippen molar-refractivity contribution in [3.8, 4) is 0 Å². The molecule has 6 atom stereocenters. The molecule has 216 valence electrons. The number of carboxylic acids is 1. The van der Waals surface area contributed by atoms with Gasteiger partial charge in [-0.2, -0.15) is 0 Å². The second-order valence-electron chi connectivity index (χ2n) is 10.6. The number of carbonyl (C=O) groups excluding carboxylic acids is 3. The number of fused-ring (bicyclic) bond motifs is 1. The maximum Gasteiger partial charge on any atom is 0.356 e. The van der Waals surface area contributed by atoms with Crippen LogP contribution >= 0.6 is 11.8 Å². The molecule has 1 unspecified atom stereocenters. The second kappa shape index (κ2) is 11.6. The molecule has 11 nitrogen and oxygen atoms in total. The van der Waals surface area contributed by atoms with Gasteiger partial charge in [-0.3, -0.25) is 9.59 Å². The average molecular weight is 581 g/mol. The summed E-state index contributed by atoms with van der Waals surface area (Å²) in [6.45, 7) is 4.01. The van der Waals surface area contributed by atoms with Crippen molar-refractivity contribution in [2.24, 2.45) is 11.8 Å². The number of esters is 1. The molecule has 3 aliphatic rings. The van der Waals surface area contributed by atoms with E-state index in [4.69, 9.17) is 10.5 Å². The lowest BCUT2D eigenvalue weighted by Gasteiger charge is -2.46. The topological polar surface area (TPSA) is 171 Å². The molecule has 3 aliphatic heterocycles. The highest BCUT2D eigenvalue weighted by molar-refractivity contribution is 8.03. The number of amides is 2. The maximum absolute atomic E-state index is 13.4. The molecule has 0 aliphatic carbocycles. The first-order valence-corrected chi connectivity index (χ1v) is 14.2. The largest absolute Gasteiger partial charge is 0.478 e. The molecular formula is C29H32N4O7S. The minimum Gasteiger partial charge on any atom is -0.478 e. The quantitative estimate of drug-likeness (QED) is 0.168. The van der Waals surface area contributed by atoms with Crippen molar-refractivity contribution >= 4 is 46.9 Å². The summed E-state index contributed by atoms with van der Waals surface area (Å²) in [5.74, 6) is -3.11. The van der Waals surface area contributed by atoms with E-state index in [1.807, 2.05) is 6.92 Å². The summed E-state index contributed by atoms with van der Waals surface area (Å²) in [6.07, 6.45) is -0.402. The number of nitrogens with zero attached hydrogens (tertiary/aromatic N) is 1. The first-order valence-electron chi connectivity index (χ1n) is 13.4. The Morgan fingerprint density at radius 1 is 1.22 bits per heavy atom. The third-order valence-corrected chi connectivity index (χ3v) is 9.24. The van der Waals surface area contributed by atoms with E-state index in [1.54, 1.807) is 43.3 Å². The zero-order valence-electron chi connectivity index (χ0n) is 22.6. The van der Waals surface area contributed by atoms with Crippen LogP contribution in [0, 0.1) is 11.8 Å². The number of nitrogens with two attached hydrogens (primary N) is 1. The third kappa shape index (κ3) is 5.67. The fraction of sp³-hybridized carbons (Fsp3) is 0.379. The number of aliphatic hydroxyl groups excluding tert-OH is 1. The lowest BCUT2D eigenvalue weighted by Crippen LogP contribution is -2.63. The highest BCUT2D eigenvalue weighted by Crippen LogP contribution is 2.52. The standard InChI is InChI=1S/C29H32N4O7S/c1-14-23-22(15(2)34)27(36)33(23)24(29(39)40-13-16-6-8-18(30)9-7-16)25(14)41-20-11-21(31-12-20)26(35)32-19-5-3-4-17(10-19)28(37)38/h3-10,14-15,20-23,31,34H,11-13,30H2,1-2H3,(H,32,35)(H,37,38)/t14-,15-,20+,21?,22-,23-/m1/s1. The molecule has 0 radical (unpaired) electrons. The Morgan fingerprint density at radius 2 is 1.95 bits per heavy atom.